The first kappa shape index (κ1) is 16.4. The molecule has 1 fully saturated rings. The largest absolute Gasteiger partial charge is 0.339 e. The normalized spacial score (nSPS) is 15.8. The third-order valence-corrected chi connectivity index (χ3v) is 4.60. The van der Waals surface area contributed by atoms with Crippen LogP contribution in [-0.2, 0) is 6.54 Å². The number of aromatic nitrogens is 3. The summed E-state index contributed by atoms with van der Waals surface area (Å²) in [4.78, 5) is 45.1. The fraction of sp³-hybridized carbons (Fsp3) is 0.529. The van der Waals surface area contributed by atoms with Crippen LogP contribution in [0.15, 0.2) is 21.9 Å². The first-order valence-corrected chi connectivity index (χ1v) is 8.43. The Kier molecular flexibility index (Phi) is 4.51. The second-order valence-corrected chi connectivity index (χ2v) is 6.48. The van der Waals surface area contributed by atoms with Crippen molar-refractivity contribution in [2.24, 2.45) is 5.92 Å². The average molecular weight is 330 g/mol. The number of nitrogens with zero attached hydrogens (tertiary/aromatic N) is 3. The Bertz CT molecular complexity index is 876. The highest BCUT2D eigenvalue weighted by Crippen LogP contribution is 2.18. The summed E-state index contributed by atoms with van der Waals surface area (Å²) in [6.07, 6.45) is 4.19. The Morgan fingerprint density at radius 2 is 2.04 bits per heavy atom. The van der Waals surface area contributed by atoms with Crippen molar-refractivity contribution in [2.45, 2.75) is 39.7 Å². The Hall–Kier alpha value is -2.44. The van der Waals surface area contributed by atoms with Crippen LogP contribution in [0.5, 0.6) is 0 Å². The number of aryl methyl sites for hydroxylation is 1. The standard InChI is InChI=1S/C17H22N4O3/c1-3-6-21-14-13(15(22)19-17(21)24)9-12(10-18-14)16(23)20-7-4-11(2)5-8-20/h9-11H,3-8H2,1-2H3,(H,19,22,24). The van der Waals surface area contributed by atoms with E-state index in [0.717, 1.165) is 32.4 Å². The Balaban J connectivity index is 2.01. The van der Waals surface area contributed by atoms with Gasteiger partial charge in [0.2, 0.25) is 0 Å². The van der Waals surface area contributed by atoms with E-state index in [1.807, 2.05) is 6.92 Å². The van der Waals surface area contributed by atoms with Crippen LogP contribution >= 0.6 is 0 Å². The molecule has 0 aromatic carbocycles. The third-order valence-electron chi connectivity index (χ3n) is 4.60. The first-order valence-electron chi connectivity index (χ1n) is 8.43. The van der Waals surface area contributed by atoms with Crippen LogP contribution in [0, 0.1) is 5.92 Å². The van der Waals surface area contributed by atoms with E-state index in [1.54, 1.807) is 11.0 Å². The number of H-pyrrole nitrogens is 1. The number of nitrogens with one attached hydrogen (secondary N) is 1. The van der Waals surface area contributed by atoms with E-state index in [9.17, 15) is 14.4 Å². The van der Waals surface area contributed by atoms with Crippen molar-refractivity contribution in [1.29, 1.82) is 0 Å². The van der Waals surface area contributed by atoms with Crippen molar-refractivity contribution < 1.29 is 4.79 Å². The number of hydrogen-bond donors (Lipinski definition) is 1. The zero-order valence-corrected chi connectivity index (χ0v) is 14.0. The lowest BCUT2D eigenvalue weighted by Crippen LogP contribution is -2.38. The molecule has 2 aromatic rings. The molecule has 128 valence electrons. The van der Waals surface area contributed by atoms with Gasteiger partial charge in [-0.3, -0.25) is 19.1 Å². The average Bonchev–Trinajstić information content (AvgIpc) is 2.58. The van der Waals surface area contributed by atoms with Crippen molar-refractivity contribution in [3.05, 3.63) is 38.7 Å². The van der Waals surface area contributed by atoms with Crippen molar-refractivity contribution in [3.63, 3.8) is 0 Å². The van der Waals surface area contributed by atoms with Gasteiger partial charge in [-0.15, -0.1) is 0 Å². The van der Waals surface area contributed by atoms with Gasteiger partial charge in [0.1, 0.15) is 5.65 Å². The van der Waals surface area contributed by atoms with Crippen LogP contribution < -0.4 is 11.2 Å². The molecule has 1 amide bonds. The summed E-state index contributed by atoms with van der Waals surface area (Å²) in [5, 5.41) is 0.277. The molecule has 0 atom stereocenters. The van der Waals surface area contributed by atoms with E-state index >= 15 is 0 Å². The molecule has 0 saturated carbocycles. The lowest BCUT2D eigenvalue weighted by molar-refractivity contribution is 0.0697. The molecule has 7 nitrogen and oxygen atoms in total. The topological polar surface area (TPSA) is 88.1 Å². The van der Waals surface area contributed by atoms with E-state index in [4.69, 9.17) is 0 Å². The van der Waals surface area contributed by atoms with Crippen LogP contribution in [0.1, 0.15) is 43.5 Å². The Labute approximate surface area is 139 Å². The van der Waals surface area contributed by atoms with E-state index in [0.29, 0.717) is 23.7 Å². The fourth-order valence-electron chi connectivity index (χ4n) is 3.11. The highest BCUT2D eigenvalue weighted by Gasteiger charge is 2.22. The predicted octanol–water partition coefficient (Wildman–Crippen LogP) is 1.37. The van der Waals surface area contributed by atoms with Crippen molar-refractivity contribution in [2.75, 3.05) is 13.1 Å². The zero-order valence-electron chi connectivity index (χ0n) is 14.0. The molecular weight excluding hydrogens is 308 g/mol. The molecule has 0 radical (unpaired) electrons. The van der Waals surface area contributed by atoms with Gasteiger partial charge in [0.15, 0.2) is 0 Å². The molecule has 3 rings (SSSR count). The molecule has 0 bridgehead atoms. The number of piperidine rings is 1. The SMILES string of the molecule is CCCn1c(=O)[nH]c(=O)c2cc(C(=O)N3CCC(C)CC3)cnc21. The van der Waals surface area contributed by atoms with E-state index in [2.05, 4.69) is 16.9 Å². The number of amides is 1. The van der Waals surface area contributed by atoms with Crippen LogP contribution in [0.4, 0.5) is 0 Å². The summed E-state index contributed by atoms with van der Waals surface area (Å²) >= 11 is 0. The van der Waals surface area contributed by atoms with Gasteiger partial charge in [-0.2, -0.15) is 0 Å². The monoisotopic (exact) mass is 330 g/mol. The van der Waals surface area contributed by atoms with Gasteiger partial charge >= 0.3 is 5.69 Å². The fourth-order valence-corrected chi connectivity index (χ4v) is 3.11. The first-order chi connectivity index (χ1) is 11.5. The third kappa shape index (κ3) is 2.98. The molecule has 2 aromatic heterocycles. The molecule has 0 aliphatic carbocycles. The maximum absolute atomic E-state index is 12.6. The van der Waals surface area contributed by atoms with Gasteiger partial charge in [-0.1, -0.05) is 13.8 Å². The highest BCUT2D eigenvalue weighted by atomic mass is 16.2. The van der Waals surface area contributed by atoms with Crippen LogP contribution in [0.25, 0.3) is 11.0 Å². The zero-order chi connectivity index (χ0) is 17.3. The van der Waals surface area contributed by atoms with Gasteiger partial charge in [-0.25, -0.2) is 9.78 Å². The minimum atomic E-state index is -0.503. The number of rotatable bonds is 3. The lowest BCUT2D eigenvalue weighted by atomic mass is 9.99. The minimum absolute atomic E-state index is 0.107. The maximum Gasteiger partial charge on any atom is 0.329 e. The molecule has 1 saturated heterocycles. The smallest absolute Gasteiger partial charge is 0.329 e. The predicted molar refractivity (Wildman–Crippen MR) is 91.2 cm³/mol. The maximum atomic E-state index is 12.6. The summed E-state index contributed by atoms with van der Waals surface area (Å²) in [5.74, 6) is 0.527. The summed E-state index contributed by atoms with van der Waals surface area (Å²) in [7, 11) is 0. The summed E-state index contributed by atoms with van der Waals surface area (Å²) in [5.41, 5.74) is -0.249. The summed E-state index contributed by atoms with van der Waals surface area (Å²) in [6.45, 7) is 6.05. The summed E-state index contributed by atoms with van der Waals surface area (Å²) < 4.78 is 1.44. The Morgan fingerprint density at radius 1 is 1.33 bits per heavy atom. The highest BCUT2D eigenvalue weighted by molar-refractivity contribution is 5.96. The molecular formula is C17H22N4O3. The van der Waals surface area contributed by atoms with E-state index in [-0.39, 0.29) is 11.3 Å². The number of carbonyl (C=O) groups is 1. The van der Waals surface area contributed by atoms with E-state index < -0.39 is 11.2 Å². The number of pyridine rings is 1. The molecule has 24 heavy (non-hydrogen) atoms. The van der Waals surface area contributed by atoms with Gasteiger partial charge in [0.05, 0.1) is 10.9 Å². The Morgan fingerprint density at radius 3 is 2.71 bits per heavy atom. The number of hydrogen-bond acceptors (Lipinski definition) is 4. The molecule has 3 heterocycles. The van der Waals surface area contributed by atoms with Crippen LogP contribution in [0.3, 0.4) is 0 Å². The number of carbonyl (C=O) groups excluding carboxylic acids is 1. The van der Waals surface area contributed by atoms with Gasteiger partial charge < -0.3 is 4.90 Å². The number of fused-ring (bicyclic) bond motifs is 1. The second kappa shape index (κ2) is 6.59. The molecule has 0 unspecified atom stereocenters. The van der Waals surface area contributed by atoms with Gasteiger partial charge in [0.25, 0.3) is 11.5 Å². The number of likely N-dealkylation sites (tertiary alicyclic amines) is 1. The molecule has 1 aliphatic heterocycles. The van der Waals surface area contributed by atoms with Gasteiger partial charge in [0, 0.05) is 25.8 Å². The molecule has 1 aliphatic rings. The van der Waals surface area contributed by atoms with E-state index in [1.165, 1.54) is 10.8 Å². The van der Waals surface area contributed by atoms with Crippen molar-refractivity contribution in [3.8, 4) is 0 Å². The molecule has 0 spiro atoms. The van der Waals surface area contributed by atoms with Crippen molar-refractivity contribution in [1.82, 2.24) is 19.4 Å². The molecule has 7 heteroatoms. The number of aromatic amines is 1. The lowest BCUT2D eigenvalue weighted by Gasteiger charge is -2.30. The van der Waals surface area contributed by atoms with Crippen LogP contribution in [-0.4, -0.2) is 38.4 Å². The molecule has 1 N–H and O–H groups in total. The summed E-state index contributed by atoms with van der Waals surface area (Å²) in [6, 6.07) is 1.55. The second-order valence-electron chi connectivity index (χ2n) is 6.48. The van der Waals surface area contributed by atoms with Gasteiger partial charge in [-0.05, 0) is 31.2 Å². The minimum Gasteiger partial charge on any atom is -0.339 e. The van der Waals surface area contributed by atoms with Crippen LogP contribution in [0.2, 0.25) is 0 Å². The quantitative estimate of drug-likeness (QED) is 0.920. The van der Waals surface area contributed by atoms with Crippen molar-refractivity contribution >= 4 is 16.9 Å².